The van der Waals surface area contributed by atoms with Gasteiger partial charge in [-0.15, -0.1) is 11.3 Å². The van der Waals surface area contributed by atoms with Crippen molar-refractivity contribution in [2.45, 2.75) is 44.6 Å². The number of sulfonamides is 1. The molecule has 184 valence electrons. The average molecular weight is 506 g/mol. The topological polar surface area (TPSA) is 96.0 Å². The van der Waals surface area contributed by atoms with E-state index in [2.05, 4.69) is 17.1 Å². The van der Waals surface area contributed by atoms with E-state index in [1.165, 1.54) is 22.8 Å². The lowest BCUT2D eigenvalue weighted by molar-refractivity contribution is -0.120. The largest absolute Gasteiger partial charge is 0.465 e. The van der Waals surface area contributed by atoms with Crippen LogP contribution in [0.15, 0.2) is 29.2 Å². The molecule has 2 aromatic rings. The molecule has 3 heterocycles. The first-order valence-electron chi connectivity index (χ1n) is 11.6. The van der Waals surface area contributed by atoms with E-state index in [4.69, 9.17) is 4.74 Å². The molecule has 2 aliphatic rings. The van der Waals surface area contributed by atoms with Crippen molar-refractivity contribution in [1.29, 1.82) is 0 Å². The summed E-state index contributed by atoms with van der Waals surface area (Å²) in [5.74, 6) is -1.21. The third-order valence-corrected chi connectivity index (χ3v) is 9.63. The van der Waals surface area contributed by atoms with Crippen LogP contribution in [0.2, 0.25) is 0 Å². The normalized spacial score (nSPS) is 19.4. The van der Waals surface area contributed by atoms with E-state index in [0.29, 0.717) is 30.0 Å². The van der Waals surface area contributed by atoms with Crippen LogP contribution in [0.3, 0.4) is 0 Å². The van der Waals surface area contributed by atoms with Crippen LogP contribution in [0.4, 0.5) is 5.00 Å². The van der Waals surface area contributed by atoms with Gasteiger partial charge in [0.25, 0.3) is 0 Å². The second-order valence-corrected chi connectivity index (χ2v) is 11.9. The number of piperidine rings is 1. The molecule has 0 bridgehead atoms. The predicted molar refractivity (Wildman–Crippen MR) is 132 cm³/mol. The summed E-state index contributed by atoms with van der Waals surface area (Å²) in [7, 11) is -2.34. The number of fused-ring (bicyclic) bond motifs is 1. The van der Waals surface area contributed by atoms with Gasteiger partial charge in [-0.1, -0.05) is 24.6 Å². The molecule has 0 aliphatic carbocycles. The summed E-state index contributed by atoms with van der Waals surface area (Å²) in [6, 6.07) is 6.75. The van der Waals surface area contributed by atoms with Crippen LogP contribution in [0, 0.1) is 12.8 Å². The second kappa shape index (κ2) is 10.2. The monoisotopic (exact) mass is 505 g/mol. The minimum absolute atomic E-state index is 0.115. The van der Waals surface area contributed by atoms with E-state index < -0.39 is 21.9 Å². The number of ether oxygens (including phenoxy) is 1. The molecule has 1 aromatic heterocycles. The Morgan fingerprint density at radius 2 is 1.94 bits per heavy atom. The van der Waals surface area contributed by atoms with Crippen molar-refractivity contribution in [2.24, 2.45) is 5.92 Å². The highest BCUT2D eigenvalue weighted by Crippen LogP contribution is 2.38. The van der Waals surface area contributed by atoms with Crippen molar-refractivity contribution in [1.82, 2.24) is 9.21 Å². The minimum atomic E-state index is -3.68. The third kappa shape index (κ3) is 4.91. The van der Waals surface area contributed by atoms with Gasteiger partial charge in [-0.25, -0.2) is 13.2 Å². The molecular weight excluding hydrogens is 474 g/mol. The number of nitrogens with zero attached hydrogens (tertiary/aromatic N) is 2. The molecule has 8 nitrogen and oxygen atoms in total. The zero-order valence-electron chi connectivity index (χ0n) is 19.8. The van der Waals surface area contributed by atoms with Crippen LogP contribution in [0.25, 0.3) is 0 Å². The molecule has 0 radical (unpaired) electrons. The Morgan fingerprint density at radius 3 is 2.62 bits per heavy atom. The number of carbonyl (C=O) groups excluding carboxylic acids is 2. The van der Waals surface area contributed by atoms with Gasteiger partial charge >= 0.3 is 5.97 Å². The molecule has 10 heteroatoms. The van der Waals surface area contributed by atoms with Crippen molar-refractivity contribution in [2.75, 3.05) is 38.6 Å². The van der Waals surface area contributed by atoms with Gasteiger partial charge in [0.15, 0.2) is 0 Å². The predicted octanol–water partition coefficient (Wildman–Crippen LogP) is 3.26. The smallest absolute Gasteiger partial charge is 0.341 e. The summed E-state index contributed by atoms with van der Waals surface area (Å²) in [6.45, 7) is 7.01. The van der Waals surface area contributed by atoms with E-state index in [1.54, 1.807) is 24.3 Å². The Kier molecular flexibility index (Phi) is 7.42. The van der Waals surface area contributed by atoms with Crippen LogP contribution in [0.1, 0.15) is 46.1 Å². The first-order chi connectivity index (χ1) is 16.2. The van der Waals surface area contributed by atoms with Gasteiger partial charge in [0.1, 0.15) is 5.00 Å². The number of hydrogen-bond acceptors (Lipinski definition) is 7. The highest BCUT2D eigenvalue weighted by Gasteiger charge is 2.35. The number of methoxy groups -OCH3 is 1. The molecule has 1 saturated heterocycles. The Morgan fingerprint density at radius 1 is 1.21 bits per heavy atom. The summed E-state index contributed by atoms with van der Waals surface area (Å²) in [5.41, 5.74) is 2.37. The number of hydrogen-bond donors (Lipinski definition) is 1. The van der Waals surface area contributed by atoms with E-state index in [9.17, 15) is 18.0 Å². The number of carbonyl (C=O) groups is 2. The number of rotatable bonds is 6. The molecule has 1 amide bonds. The van der Waals surface area contributed by atoms with Gasteiger partial charge < -0.3 is 10.1 Å². The van der Waals surface area contributed by atoms with Crippen molar-refractivity contribution in [3.05, 3.63) is 45.8 Å². The van der Waals surface area contributed by atoms with Crippen molar-refractivity contribution < 1.29 is 22.7 Å². The van der Waals surface area contributed by atoms with E-state index >= 15 is 0 Å². The van der Waals surface area contributed by atoms with Gasteiger partial charge in [-0.2, -0.15) is 4.31 Å². The lowest BCUT2D eigenvalue weighted by atomic mass is 9.98. The van der Waals surface area contributed by atoms with Crippen molar-refractivity contribution >= 4 is 38.2 Å². The molecule has 1 aromatic carbocycles. The Bertz CT molecular complexity index is 1170. The van der Waals surface area contributed by atoms with E-state index in [1.807, 2.05) is 6.92 Å². The number of esters is 1. The first kappa shape index (κ1) is 24.8. The van der Waals surface area contributed by atoms with Crippen LogP contribution < -0.4 is 5.32 Å². The van der Waals surface area contributed by atoms with Gasteiger partial charge in [-0.05, 0) is 50.4 Å². The first-order valence-corrected chi connectivity index (χ1v) is 13.8. The number of nitrogens with one attached hydrogen (secondary N) is 1. The maximum Gasteiger partial charge on any atom is 0.341 e. The maximum absolute atomic E-state index is 13.2. The molecule has 2 aliphatic heterocycles. The molecule has 0 spiro atoms. The van der Waals surface area contributed by atoms with Gasteiger partial charge in [-0.3, -0.25) is 9.69 Å². The van der Waals surface area contributed by atoms with E-state index in [0.717, 1.165) is 42.1 Å². The zero-order valence-corrected chi connectivity index (χ0v) is 21.4. The van der Waals surface area contributed by atoms with Crippen LogP contribution in [-0.2, 0) is 32.5 Å². The molecule has 1 fully saturated rings. The fourth-order valence-electron chi connectivity index (χ4n) is 4.58. The Labute approximate surface area is 204 Å². The second-order valence-electron chi connectivity index (χ2n) is 8.82. The van der Waals surface area contributed by atoms with E-state index in [-0.39, 0.29) is 17.3 Å². The number of aryl methyl sites for hydroxylation is 1. The Balaban J connectivity index is 1.53. The molecule has 1 unspecified atom stereocenters. The third-order valence-electron chi connectivity index (χ3n) is 6.62. The van der Waals surface area contributed by atoms with Gasteiger partial charge in [0.05, 0.1) is 23.5 Å². The fraction of sp³-hybridized carbons (Fsp3) is 0.500. The number of benzene rings is 1. The summed E-state index contributed by atoms with van der Waals surface area (Å²) >= 11 is 1.42. The molecule has 34 heavy (non-hydrogen) atoms. The molecular formula is C24H31N3O5S2. The summed E-state index contributed by atoms with van der Waals surface area (Å²) in [4.78, 5) is 29.4. The number of anilines is 1. The summed E-state index contributed by atoms with van der Waals surface area (Å²) < 4.78 is 32.7. The lowest BCUT2D eigenvalue weighted by Crippen LogP contribution is -2.43. The van der Waals surface area contributed by atoms with Crippen LogP contribution in [-0.4, -0.2) is 62.8 Å². The highest BCUT2D eigenvalue weighted by molar-refractivity contribution is 7.89. The van der Waals surface area contributed by atoms with Crippen molar-refractivity contribution in [3.63, 3.8) is 0 Å². The minimum Gasteiger partial charge on any atom is -0.465 e. The molecule has 0 saturated carbocycles. The summed E-state index contributed by atoms with van der Waals surface area (Å²) in [5, 5.41) is 3.44. The number of likely N-dealkylation sites (N-methyl/N-ethyl adjacent to an activating group) is 1. The molecule has 1 atom stereocenters. The summed E-state index contributed by atoms with van der Waals surface area (Å²) in [6.07, 6.45) is 1.92. The lowest BCUT2D eigenvalue weighted by Gasteiger charge is -2.31. The quantitative estimate of drug-likeness (QED) is 0.606. The standard InChI is InChI=1S/C24H31N3O5S2/c1-4-26-13-11-19-20(15-26)33-23(21(19)24(29)32-3)25-22(28)17-6-5-12-27(14-17)34(30,31)18-9-7-16(2)8-10-18/h7-10,17H,4-6,11-15H2,1-3H3,(H,25,28). The SMILES string of the molecule is CCN1CCc2c(sc(NC(=O)C3CCCN(S(=O)(=O)c4ccc(C)cc4)C3)c2C(=O)OC)C1. The van der Waals surface area contributed by atoms with Crippen LogP contribution in [0.5, 0.6) is 0 Å². The van der Waals surface area contributed by atoms with Crippen LogP contribution >= 0.6 is 11.3 Å². The maximum atomic E-state index is 13.2. The van der Waals surface area contributed by atoms with Gasteiger partial charge in [0.2, 0.25) is 15.9 Å². The molecule has 4 rings (SSSR count). The average Bonchev–Trinajstić information content (AvgIpc) is 3.20. The fourth-order valence-corrected chi connectivity index (χ4v) is 7.39. The Hall–Kier alpha value is -2.27. The zero-order chi connectivity index (χ0) is 24.5. The number of amides is 1. The highest BCUT2D eigenvalue weighted by atomic mass is 32.2. The van der Waals surface area contributed by atoms with Gasteiger partial charge in [0, 0.05) is 31.1 Å². The van der Waals surface area contributed by atoms with Crippen molar-refractivity contribution in [3.8, 4) is 0 Å². The number of thiophene rings is 1. The molecule has 1 N–H and O–H groups in total.